The van der Waals surface area contributed by atoms with E-state index in [1.807, 2.05) is 0 Å². The number of aromatic amines is 1. The number of benzene rings is 1. The minimum absolute atomic E-state index is 0.0128. The zero-order valence-electron chi connectivity index (χ0n) is 15.7. The Morgan fingerprint density at radius 3 is 2.55 bits per heavy atom. The predicted molar refractivity (Wildman–Crippen MR) is 111 cm³/mol. The molecule has 7 nitrogen and oxygen atoms in total. The Morgan fingerprint density at radius 1 is 1.10 bits per heavy atom. The fourth-order valence-electron chi connectivity index (χ4n) is 3.11. The second-order valence-corrected chi connectivity index (χ2v) is 6.94. The van der Waals surface area contributed by atoms with Crippen molar-refractivity contribution in [3.8, 4) is 0 Å². The van der Waals surface area contributed by atoms with Crippen molar-refractivity contribution in [2.45, 2.75) is 6.54 Å². The van der Waals surface area contributed by atoms with Crippen molar-refractivity contribution in [2.75, 3.05) is 5.32 Å². The largest absolute Gasteiger partial charge is 0.341 e. The Bertz CT molecular complexity index is 1430. The van der Waals surface area contributed by atoms with Gasteiger partial charge in [0.05, 0.1) is 17.7 Å². The third-order valence-corrected chi connectivity index (χ3v) is 4.91. The molecule has 0 radical (unpaired) electrons. The molecule has 0 aliphatic heterocycles. The molecule has 1 aromatic carbocycles. The Balaban J connectivity index is 1.87. The molecular weight excluding hydrogens is 430 g/mol. The standard InChI is InChI=1S/C21H13ClF2N4O3/c22-20-15(5-2-8-25-20)26-21(31)12-10-28(9-11-13(23)3-1-4-14(11)24)16-6-7-17(29)27-18(16)19(12)30/h1-8,10H,9H2,(H,26,31)(H,27,29). The van der Waals surface area contributed by atoms with E-state index in [2.05, 4.69) is 15.3 Å². The number of nitrogens with zero attached hydrogens (tertiary/aromatic N) is 2. The van der Waals surface area contributed by atoms with Crippen molar-refractivity contribution in [1.29, 1.82) is 0 Å². The summed E-state index contributed by atoms with van der Waals surface area (Å²) >= 11 is 5.94. The normalized spacial score (nSPS) is 10.9. The van der Waals surface area contributed by atoms with Crippen molar-refractivity contribution in [1.82, 2.24) is 14.5 Å². The molecule has 4 rings (SSSR count). The molecule has 0 saturated carbocycles. The molecule has 4 aromatic rings. The highest BCUT2D eigenvalue weighted by molar-refractivity contribution is 6.32. The molecule has 3 aromatic heterocycles. The Hall–Kier alpha value is -3.85. The van der Waals surface area contributed by atoms with E-state index >= 15 is 0 Å². The van der Waals surface area contributed by atoms with Crippen LogP contribution in [-0.4, -0.2) is 20.4 Å². The summed E-state index contributed by atoms with van der Waals surface area (Å²) in [5.74, 6) is -2.40. The van der Waals surface area contributed by atoms with Gasteiger partial charge in [0, 0.05) is 24.0 Å². The number of fused-ring (bicyclic) bond motifs is 1. The molecule has 2 N–H and O–H groups in total. The van der Waals surface area contributed by atoms with Gasteiger partial charge in [0.1, 0.15) is 22.7 Å². The number of nitrogens with one attached hydrogen (secondary N) is 2. The van der Waals surface area contributed by atoms with Gasteiger partial charge in [-0.05, 0) is 30.3 Å². The second-order valence-electron chi connectivity index (χ2n) is 6.58. The lowest BCUT2D eigenvalue weighted by molar-refractivity contribution is 0.102. The third-order valence-electron chi connectivity index (χ3n) is 4.61. The average Bonchev–Trinajstić information content (AvgIpc) is 2.74. The van der Waals surface area contributed by atoms with Crippen LogP contribution < -0.4 is 16.3 Å². The average molecular weight is 443 g/mol. The molecule has 0 spiro atoms. The number of pyridine rings is 3. The van der Waals surface area contributed by atoms with Gasteiger partial charge in [-0.3, -0.25) is 14.4 Å². The number of amides is 1. The quantitative estimate of drug-likeness (QED) is 0.474. The van der Waals surface area contributed by atoms with Crippen LogP contribution in [0.1, 0.15) is 15.9 Å². The fourth-order valence-corrected chi connectivity index (χ4v) is 3.28. The lowest BCUT2D eigenvalue weighted by Gasteiger charge is -2.14. The molecule has 0 aliphatic rings. The lowest BCUT2D eigenvalue weighted by atomic mass is 10.1. The molecule has 0 saturated heterocycles. The fraction of sp³-hybridized carbons (Fsp3) is 0.0476. The number of carbonyl (C=O) groups excluding carboxylic acids is 1. The van der Waals surface area contributed by atoms with E-state index in [4.69, 9.17) is 11.6 Å². The zero-order chi connectivity index (χ0) is 22.1. The van der Waals surface area contributed by atoms with E-state index in [1.54, 1.807) is 6.07 Å². The first-order valence-corrected chi connectivity index (χ1v) is 9.34. The van der Waals surface area contributed by atoms with Crippen molar-refractivity contribution < 1.29 is 13.6 Å². The summed E-state index contributed by atoms with van der Waals surface area (Å²) in [5.41, 5.74) is -1.75. The maximum atomic E-state index is 14.2. The summed E-state index contributed by atoms with van der Waals surface area (Å²) in [6.07, 6.45) is 2.60. The highest BCUT2D eigenvalue weighted by Crippen LogP contribution is 2.20. The maximum absolute atomic E-state index is 14.2. The van der Waals surface area contributed by atoms with Gasteiger partial charge in [-0.1, -0.05) is 17.7 Å². The van der Waals surface area contributed by atoms with Crippen LogP contribution in [0.5, 0.6) is 0 Å². The van der Waals surface area contributed by atoms with Crippen molar-refractivity contribution >= 4 is 34.2 Å². The first-order chi connectivity index (χ1) is 14.8. The van der Waals surface area contributed by atoms with Crippen molar-refractivity contribution in [3.05, 3.63) is 103 Å². The van der Waals surface area contributed by atoms with E-state index in [0.29, 0.717) is 0 Å². The van der Waals surface area contributed by atoms with Crippen LogP contribution in [0.3, 0.4) is 0 Å². The third kappa shape index (κ3) is 3.95. The second kappa shape index (κ2) is 8.11. The molecule has 0 bridgehead atoms. The van der Waals surface area contributed by atoms with E-state index < -0.39 is 28.5 Å². The summed E-state index contributed by atoms with van der Waals surface area (Å²) < 4.78 is 29.7. The summed E-state index contributed by atoms with van der Waals surface area (Å²) in [5, 5.41) is 2.49. The molecule has 0 fully saturated rings. The summed E-state index contributed by atoms with van der Waals surface area (Å²) in [7, 11) is 0. The van der Waals surface area contributed by atoms with E-state index in [-0.39, 0.29) is 39.5 Å². The van der Waals surface area contributed by atoms with Gasteiger partial charge in [0.2, 0.25) is 11.0 Å². The van der Waals surface area contributed by atoms with Gasteiger partial charge in [-0.15, -0.1) is 0 Å². The van der Waals surface area contributed by atoms with Gasteiger partial charge in [-0.25, -0.2) is 13.8 Å². The lowest BCUT2D eigenvalue weighted by Crippen LogP contribution is -2.26. The SMILES string of the molecule is O=C(Nc1cccnc1Cl)c1cn(Cc2c(F)cccc2F)c2ccc(=O)[nH]c2c1=O. The molecule has 0 aliphatic carbocycles. The molecule has 1 amide bonds. The first kappa shape index (κ1) is 20.4. The zero-order valence-corrected chi connectivity index (χ0v) is 16.4. The first-order valence-electron chi connectivity index (χ1n) is 8.96. The number of halogens is 3. The number of H-pyrrole nitrogens is 1. The summed E-state index contributed by atoms with van der Waals surface area (Å²) in [4.78, 5) is 43.7. The molecular formula is C21H13ClF2N4O3. The smallest absolute Gasteiger partial charge is 0.261 e. The van der Waals surface area contributed by atoms with Crippen molar-refractivity contribution in [2.24, 2.45) is 0 Å². The predicted octanol–water partition coefficient (Wildman–Crippen LogP) is 3.32. The Labute approximate surface area is 177 Å². The molecule has 0 atom stereocenters. The number of aromatic nitrogens is 3. The van der Waals surface area contributed by atoms with Crippen LogP contribution in [0, 0.1) is 11.6 Å². The molecule has 31 heavy (non-hydrogen) atoms. The van der Waals surface area contributed by atoms with Crippen LogP contribution in [0.4, 0.5) is 14.5 Å². The highest BCUT2D eigenvalue weighted by atomic mass is 35.5. The monoisotopic (exact) mass is 442 g/mol. The summed E-state index contributed by atoms with van der Waals surface area (Å²) in [6.45, 7) is -0.324. The topological polar surface area (TPSA) is 96.8 Å². The molecule has 0 unspecified atom stereocenters. The van der Waals surface area contributed by atoms with E-state index in [0.717, 1.165) is 12.1 Å². The van der Waals surface area contributed by atoms with Gasteiger partial charge < -0.3 is 14.9 Å². The molecule has 156 valence electrons. The van der Waals surface area contributed by atoms with Crippen LogP contribution >= 0.6 is 11.6 Å². The van der Waals surface area contributed by atoms with Crippen LogP contribution in [0.15, 0.2) is 64.4 Å². The van der Waals surface area contributed by atoms with Crippen LogP contribution in [-0.2, 0) is 6.54 Å². The van der Waals surface area contributed by atoms with Crippen LogP contribution in [0.25, 0.3) is 11.0 Å². The number of hydrogen-bond donors (Lipinski definition) is 2. The minimum Gasteiger partial charge on any atom is -0.341 e. The number of anilines is 1. The van der Waals surface area contributed by atoms with Gasteiger partial charge >= 0.3 is 0 Å². The minimum atomic E-state index is -0.825. The van der Waals surface area contributed by atoms with Crippen molar-refractivity contribution in [3.63, 3.8) is 0 Å². The summed E-state index contributed by atoms with van der Waals surface area (Å²) in [6, 6.07) is 8.97. The Morgan fingerprint density at radius 2 is 1.84 bits per heavy atom. The van der Waals surface area contributed by atoms with Crippen LogP contribution in [0.2, 0.25) is 5.15 Å². The van der Waals surface area contributed by atoms with Gasteiger partial charge in [0.25, 0.3) is 5.91 Å². The van der Waals surface area contributed by atoms with E-state index in [1.165, 1.54) is 41.2 Å². The molecule has 10 heteroatoms. The Kier molecular flexibility index (Phi) is 5.35. The highest BCUT2D eigenvalue weighted by Gasteiger charge is 2.19. The number of rotatable bonds is 4. The number of hydrogen-bond acceptors (Lipinski definition) is 4. The number of carbonyl (C=O) groups is 1. The van der Waals surface area contributed by atoms with E-state index in [9.17, 15) is 23.2 Å². The maximum Gasteiger partial charge on any atom is 0.261 e. The van der Waals surface area contributed by atoms with Gasteiger partial charge in [-0.2, -0.15) is 0 Å². The molecule has 3 heterocycles. The van der Waals surface area contributed by atoms with Gasteiger partial charge in [0.15, 0.2) is 5.15 Å².